The number of allylic oxidation sites excluding steroid dienone is 2. The van der Waals surface area contributed by atoms with E-state index in [1.165, 1.54) is 37.1 Å². The minimum atomic E-state index is 0. The van der Waals surface area contributed by atoms with Gasteiger partial charge in [0.2, 0.25) is 0 Å². The lowest BCUT2D eigenvalue weighted by Crippen LogP contribution is -2.28. The lowest BCUT2D eigenvalue weighted by Gasteiger charge is -2.18. The van der Waals surface area contributed by atoms with Crippen molar-refractivity contribution in [2.45, 2.75) is 58.8 Å². The van der Waals surface area contributed by atoms with Crippen LogP contribution in [0.2, 0.25) is 0 Å². The molecular formula is C23H34ClNO. The Bertz CT molecular complexity index is 614. The van der Waals surface area contributed by atoms with Gasteiger partial charge in [-0.3, -0.25) is 4.79 Å². The maximum absolute atomic E-state index is 12.7. The molecule has 1 aliphatic carbocycles. The van der Waals surface area contributed by atoms with Gasteiger partial charge in [-0.05, 0) is 73.7 Å². The Morgan fingerprint density at radius 2 is 1.77 bits per heavy atom. The molecular weight excluding hydrogens is 342 g/mol. The average molecular weight is 376 g/mol. The van der Waals surface area contributed by atoms with E-state index in [1.807, 2.05) is 0 Å². The molecule has 3 rings (SSSR count). The van der Waals surface area contributed by atoms with Crippen LogP contribution in [-0.4, -0.2) is 30.3 Å². The van der Waals surface area contributed by atoms with E-state index in [0.29, 0.717) is 17.6 Å². The summed E-state index contributed by atoms with van der Waals surface area (Å²) in [7, 11) is 0. The fourth-order valence-corrected chi connectivity index (χ4v) is 4.29. The quantitative estimate of drug-likeness (QED) is 0.619. The molecule has 0 aromatic heterocycles. The largest absolute Gasteiger partial charge is 0.303 e. The molecule has 0 radical (unpaired) electrons. The molecule has 0 amide bonds. The van der Waals surface area contributed by atoms with Crippen LogP contribution < -0.4 is 0 Å². The molecule has 1 aromatic carbocycles. The summed E-state index contributed by atoms with van der Waals surface area (Å²) >= 11 is 0. The van der Waals surface area contributed by atoms with E-state index in [9.17, 15) is 4.79 Å². The number of carbonyl (C=O) groups excluding carboxylic acids is 1. The van der Waals surface area contributed by atoms with Crippen LogP contribution in [-0.2, 0) is 11.2 Å². The Morgan fingerprint density at radius 3 is 2.38 bits per heavy atom. The smallest absolute Gasteiger partial charge is 0.162 e. The third kappa shape index (κ3) is 5.44. The number of likely N-dealkylation sites (tertiary alicyclic amines) is 1. The van der Waals surface area contributed by atoms with E-state index in [2.05, 4.69) is 56.0 Å². The summed E-state index contributed by atoms with van der Waals surface area (Å²) < 4.78 is 0. The Labute approximate surface area is 165 Å². The minimum Gasteiger partial charge on any atom is -0.303 e. The summed E-state index contributed by atoms with van der Waals surface area (Å²) in [5.41, 5.74) is 3.79. The van der Waals surface area contributed by atoms with Crippen LogP contribution in [0.25, 0.3) is 0 Å². The molecule has 2 nitrogen and oxygen atoms in total. The molecule has 2 fully saturated rings. The van der Waals surface area contributed by atoms with E-state index >= 15 is 0 Å². The fourth-order valence-electron chi connectivity index (χ4n) is 4.29. The predicted molar refractivity (Wildman–Crippen MR) is 112 cm³/mol. The summed E-state index contributed by atoms with van der Waals surface area (Å²) in [5, 5.41) is 0. The Morgan fingerprint density at radius 1 is 1.12 bits per heavy atom. The number of hydrogen-bond acceptors (Lipinski definition) is 2. The first-order chi connectivity index (χ1) is 12.0. The van der Waals surface area contributed by atoms with E-state index in [-0.39, 0.29) is 18.3 Å². The van der Waals surface area contributed by atoms with Crippen LogP contribution in [0.5, 0.6) is 0 Å². The van der Waals surface area contributed by atoms with Crippen molar-refractivity contribution in [1.29, 1.82) is 0 Å². The summed E-state index contributed by atoms with van der Waals surface area (Å²) in [4.78, 5) is 15.2. The second-order valence-electron chi connectivity index (χ2n) is 8.43. The topological polar surface area (TPSA) is 20.3 Å². The molecule has 1 heterocycles. The summed E-state index contributed by atoms with van der Waals surface area (Å²) in [6.45, 7) is 10.1. The molecule has 0 bridgehead atoms. The normalized spacial score (nSPS) is 23.6. The minimum absolute atomic E-state index is 0. The van der Waals surface area contributed by atoms with Crippen molar-refractivity contribution in [3.63, 3.8) is 0 Å². The highest BCUT2D eigenvalue weighted by molar-refractivity contribution is 5.99. The Hall–Kier alpha value is -1.12. The Kier molecular flexibility index (Phi) is 7.91. The fraction of sp³-hybridized carbons (Fsp3) is 0.609. The van der Waals surface area contributed by atoms with Crippen LogP contribution in [0.1, 0.15) is 63.5 Å². The molecule has 1 saturated carbocycles. The van der Waals surface area contributed by atoms with E-state index < -0.39 is 0 Å². The third-order valence-electron chi connectivity index (χ3n) is 5.73. The average Bonchev–Trinajstić information content (AvgIpc) is 3.20. The summed E-state index contributed by atoms with van der Waals surface area (Å²) in [5.74, 6) is 1.66. The van der Waals surface area contributed by atoms with E-state index in [0.717, 1.165) is 31.4 Å². The van der Waals surface area contributed by atoms with Gasteiger partial charge in [0.1, 0.15) is 0 Å². The van der Waals surface area contributed by atoms with Crippen LogP contribution >= 0.6 is 12.4 Å². The van der Waals surface area contributed by atoms with Gasteiger partial charge in [-0.2, -0.15) is 0 Å². The molecule has 144 valence electrons. The van der Waals surface area contributed by atoms with E-state index in [4.69, 9.17) is 0 Å². The zero-order valence-electron chi connectivity index (χ0n) is 16.5. The first-order valence-electron chi connectivity index (χ1n) is 10.1. The molecule has 1 aromatic rings. The predicted octanol–water partition coefficient (Wildman–Crippen LogP) is 5.41. The zero-order valence-corrected chi connectivity index (χ0v) is 17.4. The van der Waals surface area contributed by atoms with Gasteiger partial charge in [0.15, 0.2) is 5.78 Å². The summed E-state index contributed by atoms with van der Waals surface area (Å²) in [6.07, 6.45) is 7.96. The van der Waals surface area contributed by atoms with Gasteiger partial charge in [-0.1, -0.05) is 51.1 Å². The van der Waals surface area contributed by atoms with Crippen molar-refractivity contribution in [1.82, 2.24) is 4.90 Å². The molecule has 1 aliphatic heterocycles. The lowest BCUT2D eigenvalue weighted by molar-refractivity contribution is -0.118. The highest BCUT2D eigenvalue weighted by Gasteiger charge is 2.31. The van der Waals surface area contributed by atoms with Gasteiger partial charge < -0.3 is 4.90 Å². The number of benzene rings is 1. The van der Waals surface area contributed by atoms with Crippen LogP contribution in [0.3, 0.4) is 0 Å². The van der Waals surface area contributed by atoms with Gasteiger partial charge in [0.05, 0.1) is 0 Å². The standard InChI is InChI=1S/C23H33NO.ClH/c1-17(2)14-19-6-8-20(9-7-19)18(3)15-21-10-11-22(23(21)25)16-24-12-4-5-13-24;/h6-9,15,17-18,22H,4-5,10-14,16H2,1-3H3;1H/b21-15-;. The molecule has 26 heavy (non-hydrogen) atoms. The van der Waals surface area contributed by atoms with Crippen molar-refractivity contribution >= 4 is 18.2 Å². The SMILES string of the molecule is CC(C)Cc1ccc(C(C)/C=C2/CCC(CN3CCCC3)C2=O)cc1.Cl. The van der Waals surface area contributed by atoms with Gasteiger partial charge in [0, 0.05) is 12.5 Å². The first kappa shape index (κ1) is 21.2. The number of carbonyl (C=O) groups is 1. The van der Waals surface area contributed by atoms with Crippen molar-refractivity contribution in [3.05, 3.63) is 47.0 Å². The third-order valence-corrected chi connectivity index (χ3v) is 5.73. The highest BCUT2D eigenvalue weighted by Crippen LogP contribution is 2.31. The van der Waals surface area contributed by atoms with Crippen molar-refractivity contribution in [3.8, 4) is 0 Å². The molecule has 2 unspecified atom stereocenters. The number of rotatable bonds is 6. The second kappa shape index (κ2) is 9.71. The van der Waals surface area contributed by atoms with Gasteiger partial charge in [-0.25, -0.2) is 0 Å². The number of ketones is 1. The monoisotopic (exact) mass is 375 g/mol. The summed E-state index contributed by atoms with van der Waals surface area (Å²) in [6, 6.07) is 8.97. The molecule has 0 N–H and O–H groups in total. The zero-order chi connectivity index (χ0) is 17.8. The maximum atomic E-state index is 12.7. The van der Waals surface area contributed by atoms with Gasteiger partial charge >= 0.3 is 0 Å². The lowest BCUT2D eigenvalue weighted by atomic mass is 9.94. The first-order valence-corrected chi connectivity index (χ1v) is 10.1. The number of nitrogens with zero attached hydrogens (tertiary/aromatic N) is 1. The van der Waals surface area contributed by atoms with Crippen LogP contribution in [0.4, 0.5) is 0 Å². The van der Waals surface area contributed by atoms with Crippen LogP contribution in [0, 0.1) is 11.8 Å². The van der Waals surface area contributed by atoms with E-state index in [1.54, 1.807) is 0 Å². The number of hydrogen-bond donors (Lipinski definition) is 0. The Balaban J connectivity index is 0.00000243. The number of Topliss-reactive ketones (excluding diaryl/α,β-unsaturated/α-hetero) is 1. The molecule has 0 spiro atoms. The van der Waals surface area contributed by atoms with Gasteiger partial charge in [-0.15, -0.1) is 12.4 Å². The maximum Gasteiger partial charge on any atom is 0.162 e. The van der Waals surface area contributed by atoms with Crippen molar-refractivity contribution < 1.29 is 4.79 Å². The van der Waals surface area contributed by atoms with Crippen molar-refractivity contribution in [2.75, 3.05) is 19.6 Å². The molecule has 2 aliphatic rings. The van der Waals surface area contributed by atoms with Crippen LogP contribution in [0.15, 0.2) is 35.9 Å². The highest BCUT2D eigenvalue weighted by atomic mass is 35.5. The molecule has 1 saturated heterocycles. The second-order valence-corrected chi connectivity index (χ2v) is 8.43. The van der Waals surface area contributed by atoms with Gasteiger partial charge in [0.25, 0.3) is 0 Å². The number of halogens is 1. The molecule has 2 atom stereocenters. The molecule has 3 heteroatoms. The van der Waals surface area contributed by atoms with Crippen molar-refractivity contribution in [2.24, 2.45) is 11.8 Å².